The minimum atomic E-state index is -0.0850. The van der Waals surface area contributed by atoms with Gasteiger partial charge in [-0.1, -0.05) is 6.07 Å². The van der Waals surface area contributed by atoms with Crippen LogP contribution in [0.5, 0.6) is 0 Å². The molecule has 134 valence electrons. The third kappa shape index (κ3) is 4.37. The SMILES string of the molecule is Cc1ncn(-c2cc(NCCNC(=O)c3cccc(I)c3)ncn2)c1C. The van der Waals surface area contributed by atoms with Crippen molar-refractivity contribution in [2.75, 3.05) is 18.4 Å². The third-order valence-electron chi connectivity index (χ3n) is 3.95. The Morgan fingerprint density at radius 1 is 1.15 bits per heavy atom. The van der Waals surface area contributed by atoms with Gasteiger partial charge >= 0.3 is 0 Å². The number of aryl methyl sites for hydroxylation is 1. The predicted octanol–water partition coefficient (Wildman–Crippen LogP) is 2.73. The van der Waals surface area contributed by atoms with E-state index in [-0.39, 0.29) is 5.91 Å². The molecule has 0 saturated carbocycles. The maximum absolute atomic E-state index is 12.1. The van der Waals surface area contributed by atoms with Gasteiger partial charge in [0.15, 0.2) is 0 Å². The minimum Gasteiger partial charge on any atom is -0.368 e. The van der Waals surface area contributed by atoms with Gasteiger partial charge in [0.05, 0.1) is 5.69 Å². The number of nitrogens with one attached hydrogen (secondary N) is 2. The average Bonchev–Trinajstić information content (AvgIpc) is 2.98. The summed E-state index contributed by atoms with van der Waals surface area (Å²) >= 11 is 2.19. The van der Waals surface area contributed by atoms with Crippen LogP contribution in [0.1, 0.15) is 21.7 Å². The van der Waals surface area contributed by atoms with E-state index in [4.69, 9.17) is 0 Å². The standard InChI is InChI=1S/C18H19IN6O/c1-12-13(2)25(11-24-12)17-9-16(22-10-23-17)20-6-7-21-18(26)14-4-3-5-15(19)8-14/h3-5,8-11H,6-7H2,1-2H3,(H,21,26)(H,20,22,23). The van der Waals surface area contributed by atoms with E-state index in [0.29, 0.717) is 24.5 Å². The fourth-order valence-corrected chi connectivity index (χ4v) is 2.95. The Bertz CT molecular complexity index is 924. The molecule has 0 unspecified atom stereocenters. The van der Waals surface area contributed by atoms with Crippen LogP contribution in [0.2, 0.25) is 0 Å². The average molecular weight is 462 g/mol. The van der Waals surface area contributed by atoms with Crippen molar-refractivity contribution in [1.29, 1.82) is 0 Å². The smallest absolute Gasteiger partial charge is 0.251 e. The molecule has 3 rings (SSSR count). The zero-order valence-corrected chi connectivity index (χ0v) is 16.7. The van der Waals surface area contributed by atoms with Gasteiger partial charge in [-0.3, -0.25) is 9.36 Å². The summed E-state index contributed by atoms with van der Waals surface area (Å²) in [6.07, 6.45) is 3.26. The summed E-state index contributed by atoms with van der Waals surface area (Å²) in [5.74, 6) is 1.37. The number of hydrogen-bond donors (Lipinski definition) is 2. The fourth-order valence-electron chi connectivity index (χ4n) is 2.40. The van der Waals surface area contributed by atoms with Crippen LogP contribution in [0.25, 0.3) is 5.82 Å². The summed E-state index contributed by atoms with van der Waals surface area (Å²) in [5, 5.41) is 6.09. The summed E-state index contributed by atoms with van der Waals surface area (Å²) in [4.78, 5) is 24.9. The first-order valence-electron chi connectivity index (χ1n) is 8.15. The molecule has 0 saturated heterocycles. The highest BCUT2D eigenvalue weighted by atomic mass is 127. The first-order valence-corrected chi connectivity index (χ1v) is 9.23. The van der Waals surface area contributed by atoms with Crippen LogP contribution in [0.3, 0.4) is 0 Å². The number of carbonyl (C=O) groups excluding carboxylic acids is 1. The van der Waals surface area contributed by atoms with Crippen molar-refractivity contribution in [3.8, 4) is 5.82 Å². The molecule has 2 N–H and O–H groups in total. The van der Waals surface area contributed by atoms with Gasteiger partial charge in [0.1, 0.15) is 24.3 Å². The quantitative estimate of drug-likeness (QED) is 0.435. The second-order valence-electron chi connectivity index (χ2n) is 5.74. The monoisotopic (exact) mass is 462 g/mol. The largest absolute Gasteiger partial charge is 0.368 e. The zero-order valence-electron chi connectivity index (χ0n) is 14.5. The Morgan fingerprint density at radius 3 is 2.73 bits per heavy atom. The fraction of sp³-hybridized carbons (Fsp3) is 0.222. The van der Waals surface area contributed by atoms with Gasteiger partial charge in [-0.05, 0) is 54.6 Å². The predicted molar refractivity (Wildman–Crippen MR) is 109 cm³/mol. The molecule has 0 radical (unpaired) electrons. The molecule has 1 aromatic carbocycles. The Labute approximate surface area is 165 Å². The van der Waals surface area contributed by atoms with Gasteiger partial charge in [0, 0.05) is 34.0 Å². The summed E-state index contributed by atoms with van der Waals surface area (Å²) in [6, 6.07) is 9.34. The molecule has 0 aliphatic heterocycles. The molecule has 7 nitrogen and oxygen atoms in total. The van der Waals surface area contributed by atoms with Crippen molar-refractivity contribution in [2.24, 2.45) is 0 Å². The van der Waals surface area contributed by atoms with Crippen LogP contribution < -0.4 is 10.6 Å². The van der Waals surface area contributed by atoms with Crippen molar-refractivity contribution in [1.82, 2.24) is 24.8 Å². The van der Waals surface area contributed by atoms with Crippen LogP contribution in [-0.4, -0.2) is 38.5 Å². The number of amides is 1. The second-order valence-corrected chi connectivity index (χ2v) is 6.99. The molecule has 0 aliphatic rings. The van der Waals surface area contributed by atoms with Crippen LogP contribution in [0.4, 0.5) is 5.82 Å². The van der Waals surface area contributed by atoms with Crippen molar-refractivity contribution < 1.29 is 4.79 Å². The Morgan fingerprint density at radius 2 is 2.00 bits per heavy atom. The van der Waals surface area contributed by atoms with E-state index in [9.17, 15) is 4.79 Å². The number of hydrogen-bond acceptors (Lipinski definition) is 5. The lowest BCUT2D eigenvalue weighted by Gasteiger charge is -2.09. The Balaban J connectivity index is 1.55. The van der Waals surface area contributed by atoms with E-state index in [0.717, 1.165) is 20.8 Å². The van der Waals surface area contributed by atoms with Gasteiger partial charge in [0.2, 0.25) is 0 Å². The number of benzene rings is 1. The summed E-state index contributed by atoms with van der Waals surface area (Å²) in [6.45, 7) is 5.02. The molecular weight excluding hydrogens is 443 g/mol. The first-order chi connectivity index (χ1) is 12.5. The van der Waals surface area contributed by atoms with Crippen LogP contribution in [-0.2, 0) is 0 Å². The van der Waals surface area contributed by atoms with Gasteiger partial charge in [-0.15, -0.1) is 0 Å². The molecule has 8 heteroatoms. The normalized spacial score (nSPS) is 10.6. The lowest BCUT2D eigenvalue weighted by atomic mass is 10.2. The number of rotatable bonds is 6. The molecule has 3 aromatic rings. The maximum atomic E-state index is 12.1. The van der Waals surface area contributed by atoms with Crippen molar-refractivity contribution in [2.45, 2.75) is 13.8 Å². The Kier molecular flexibility index (Phi) is 5.82. The second kappa shape index (κ2) is 8.26. The molecule has 1 amide bonds. The molecule has 0 bridgehead atoms. The third-order valence-corrected chi connectivity index (χ3v) is 4.63. The van der Waals surface area contributed by atoms with E-state index < -0.39 is 0 Å². The molecule has 2 heterocycles. The lowest BCUT2D eigenvalue weighted by Crippen LogP contribution is -2.29. The van der Waals surface area contributed by atoms with Gasteiger partial charge in [-0.2, -0.15) is 0 Å². The molecule has 0 aliphatic carbocycles. The zero-order chi connectivity index (χ0) is 18.5. The Hall–Kier alpha value is -2.49. The van der Waals surface area contributed by atoms with Crippen LogP contribution >= 0.6 is 22.6 Å². The number of imidazole rings is 1. The number of carbonyl (C=O) groups is 1. The number of nitrogens with zero attached hydrogens (tertiary/aromatic N) is 4. The summed E-state index contributed by atoms with van der Waals surface area (Å²) in [5.41, 5.74) is 2.67. The van der Waals surface area contributed by atoms with E-state index in [1.807, 2.05) is 42.7 Å². The summed E-state index contributed by atoms with van der Waals surface area (Å²) in [7, 11) is 0. The minimum absolute atomic E-state index is 0.0850. The van der Waals surface area contributed by atoms with Crippen LogP contribution in [0.15, 0.2) is 43.0 Å². The molecule has 0 atom stereocenters. The highest BCUT2D eigenvalue weighted by Crippen LogP contribution is 2.13. The molecule has 2 aromatic heterocycles. The molecular formula is C18H19IN6O. The van der Waals surface area contributed by atoms with Gasteiger partial charge < -0.3 is 10.6 Å². The van der Waals surface area contributed by atoms with E-state index >= 15 is 0 Å². The van der Waals surface area contributed by atoms with E-state index in [2.05, 4.69) is 48.2 Å². The topological polar surface area (TPSA) is 84.7 Å². The highest BCUT2D eigenvalue weighted by molar-refractivity contribution is 14.1. The number of anilines is 1. The van der Waals surface area contributed by atoms with Crippen molar-refractivity contribution >= 4 is 34.3 Å². The number of halogens is 1. The van der Waals surface area contributed by atoms with Crippen molar-refractivity contribution in [3.05, 3.63) is 63.5 Å². The molecule has 0 spiro atoms. The first kappa shape index (κ1) is 18.3. The summed E-state index contributed by atoms with van der Waals surface area (Å²) < 4.78 is 2.95. The lowest BCUT2D eigenvalue weighted by molar-refractivity contribution is 0.0955. The van der Waals surface area contributed by atoms with E-state index in [1.54, 1.807) is 12.4 Å². The number of aromatic nitrogens is 4. The van der Waals surface area contributed by atoms with Gasteiger partial charge in [0.25, 0.3) is 5.91 Å². The van der Waals surface area contributed by atoms with E-state index in [1.165, 1.54) is 6.33 Å². The molecule has 26 heavy (non-hydrogen) atoms. The van der Waals surface area contributed by atoms with Gasteiger partial charge in [-0.25, -0.2) is 15.0 Å². The van der Waals surface area contributed by atoms with Crippen LogP contribution in [0, 0.1) is 17.4 Å². The van der Waals surface area contributed by atoms with Crippen molar-refractivity contribution in [3.63, 3.8) is 0 Å². The maximum Gasteiger partial charge on any atom is 0.251 e. The highest BCUT2D eigenvalue weighted by Gasteiger charge is 2.07. The molecule has 0 fully saturated rings.